The van der Waals surface area contributed by atoms with Crippen molar-refractivity contribution in [2.75, 3.05) is 0 Å². The summed E-state index contributed by atoms with van der Waals surface area (Å²) in [6.45, 7) is 0. The summed E-state index contributed by atoms with van der Waals surface area (Å²) in [6.07, 6.45) is 1.31. The first-order valence-corrected chi connectivity index (χ1v) is 6.75. The van der Waals surface area contributed by atoms with Crippen molar-refractivity contribution in [1.29, 1.82) is 0 Å². The minimum absolute atomic E-state index is 0.0393. The van der Waals surface area contributed by atoms with Crippen LogP contribution in [0.3, 0.4) is 0 Å². The molecule has 0 aliphatic heterocycles. The summed E-state index contributed by atoms with van der Waals surface area (Å²) in [5, 5.41) is 22.5. The predicted molar refractivity (Wildman–Crippen MR) is 84.0 cm³/mol. The molecular formula is C14H11IN2O3. The van der Waals surface area contributed by atoms with Crippen LogP contribution in [0.1, 0.15) is 15.9 Å². The monoisotopic (exact) mass is 382 g/mol. The molecule has 0 fully saturated rings. The summed E-state index contributed by atoms with van der Waals surface area (Å²) in [5.74, 6) is -0.482. The van der Waals surface area contributed by atoms with Gasteiger partial charge in [-0.2, -0.15) is 5.10 Å². The van der Waals surface area contributed by atoms with Crippen molar-refractivity contribution in [3.63, 3.8) is 0 Å². The predicted octanol–water partition coefficient (Wildman–Crippen LogP) is 2.47. The van der Waals surface area contributed by atoms with Gasteiger partial charge in [-0.15, -0.1) is 0 Å². The van der Waals surface area contributed by atoms with Gasteiger partial charge in [0.15, 0.2) is 0 Å². The number of rotatable bonds is 3. The van der Waals surface area contributed by atoms with Gasteiger partial charge in [0.25, 0.3) is 5.91 Å². The lowest BCUT2D eigenvalue weighted by molar-refractivity contribution is 0.0954. The first-order valence-electron chi connectivity index (χ1n) is 5.68. The molecule has 0 spiro atoms. The number of aromatic hydroxyl groups is 2. The molecule has 2 aromatic rings. The number of amides is 1. The number of phenolic OH excluding ortho intramolecular Hbond substituents is 2. The Bertz CT molecular complexity index is 671. The van der Waals surface area contributed by atoms with E-state index in [2.05, 4.69) is 33.1 Å². The fourth-order valence-corrected chi connectivity index (χ4v) is 2.14. The number of hydrazone groups is 1. The maximum Gasteiger partial charge on any atom is 0.272 e. The van der Waals surface area contributed by atoms with E-state index in [1.54, 1.807) is 12.1 Å². The van der Waals surface area contributed by atoms with E-state index in [-0.39, 0.29) is 17.4 Å². The van der Waals surface area contributed by atoms with Gasteiger partial charge in [-0.25, -0.2) is 5.43 Å². The van der Waals surface area contributed by atoms with Crippen molar-refractivity contribution in [3.8, 4) is 11.5 Å². The first kappa shape index (κ1) is 14.3. The highest BCUT2D eigenvalue weighted by Crippen LogP contribution is 2.20. The molecule has 0 unspecified atom stereocenters. The average Bonchev–Trinajstić information content (AvgIpc) is 2.41. The maximum atomic E-state index is 11.9. The van der Waals surface area contributed by atoms with E-state index in [1.807, 2.05) is 12.1 Å². The fourth-order valence-electron chi connectivity index (χ4n) is 1.51. The number of halogens is 1. The molecule has 0 heterocycles. The minimum Gasteiger partial charge on any atom is -0.508 e. The molecule has 5 nitrogen and oxygen atoms in total. The molecule has 0 saturated heterocycles. The Morgan fingerprint density at radius 1 is 1.20 bits per heavy atom. The Labute approximate surface area is 129 Å². The molecule has 1 amide bonds. The van der Waals surface area contributed by atoms with Crippen molar-refractivity contribution in [2.45, 2.75) is 0 Å². The zero-order chi connectivity index (χ0) is 14.5. The van der Waals surface area contributed by atoms with Crippen molar-refractivity contribution >= 4 is 34.7 Å². The van der Waals surface area contributed by atoms with Crippen molar-refractivity contribution < 1.29 is 15.0 Å². The smallest absolute Gasteiger partial charge is 0.272 e. The maximum absolute atomic E-state index is 11.9. The van der Waals surface area contributed by atoms with Crippen LogP contribution in [-0.4, -0.2) is 22.3 Å². The van der Waals surface area contributed by atoms with Gasteiger partial charge in [-0.05, 0) is 46.9 Å². The van der Waals surface area contributed by atoms with E-state index >= 15 is 0 Å². The number of phenols is 2. The van der Waals surface area contributed by atoms with Crippen LogP contribution in [0.25, 0.3) is 0 Å². The van der Waals surface area contributed by atoms with Gasteiger partial charge in [0.2, 0.25) is 0 Å². The first-order chi connectivity index (χ1) is 9.58. The molecule has 0 aromatic heterocycles. The molecule has 0 saturated carbocycles. The Kier molecular flexibility index (Phi) is 4.57. The van der Waals surface area contributed by atoms with Gasteiger partial charge in [-0.1, -0.05) is 12.1 Å². The lowest BCUT2D eigenvalue weighted by Crippen LogP contribution is -2.18. The highest BCUT2D eigenvalue weighted by atomic mass is 127. The molecule has 0 radical (unpaired) electrons. The van der Waals surface area contributed by atoms with Gasteiger partial charge < -0.3 is 10.2 Å². The molecule has 0 bridgehead atoms. The molecule has 0 aliphatic rings. The van der Waals surface area contributed by atoms with Crippen LogP contribution in [0.4, 0.5) is 0 Å². The number of hydrogen-bond donors (Lipinski definition) is 3. The van der Waals surface area contributed by atoms with E-state index in [0.717, 1.165) is 3.57 Å². The molecule has 0 aliphatic carbocycles. The number of carbonyl (C=O) groups is 1. The third-order valence-corrected chi connectivity index (χ3v) is 3.44. The third-order valence-electron chi connectivity index (χ3n) is 2.50. The van der Waals surface area contributed by atoms with Crippen LogP contribution in [0.5, 0.6) is 11.5 Å². The molecular weight excluding hydrogens is 371 g/mol. The van der Waals surface area contributed by atoms with Crippen LogP contribution in [0.2, 0.25) is 0 Å². The zero-order valence-electron chi connectivity index (χ0n) is 10.2. The molecule has 6 heteroatoms. The molecule has 20 heavy (non-hydrogen) atoms. The minimum atomic E-state index is -0.329. The average molecular weight is 382 g/mol. The number of benzene rings is 2. The summed E-state index contributed by atoms with van der Waals surface area (Å²) >= 11 is 2.07. The van der Waals surface area contributed by atoms with Gasteiger partial charge in [0.1, 0.15) is 11.5 Å². The van der Waals surface area contributed by atoms with Crippen LogP contribution in [-0.2, 0) is 0 Å². The second-order valence-electron chi connectivity index (χ2n) is 3.92. The molecule has 3 N–H and O–H groups in total. The van der Waals surface area contributed by atoms with Crippen molar-refractivity contribution in [2.24, 2.45) is 5.10 Å². The second-order valence-corrected chi connectivity index (χ2v) is 5.08. The molecule has 2 aromatic carbocycles. The van der Waals surface area contributed by atoms with Gasteiger partial charge in [0, 0.05) is 15.2 Å². The molecule has 102 valence electrons. The summed E-state index contributed by atoms with van der Waals surface area (Å²) in [5.41, 5.74) is 3.30. The van der Waals surface area contributed by atoms with Crippen LogP contribution in [0, 0.1) is 3.57 Å². The molecule has 0 atom stereocenters. The van der Waals surface area contributed by atoms with Gasteiger partial charge in [-0.3, -0.25) is 4.79 Å². The topological polar surface area (TPSA) is 81.9 Å². The Morgan fingerprint density at radius 2 is 1.95 bits per heavy atom. The fraction of sp³-hybridized carbons (Fsp3) is 0. The van der Waals surface area contributed by atoms with E-state index in [9.17, 15) is 9.90 Å². The van der Waals surface area contributed by atoms with Crippen molar-refractivity contribution in [1.82, 2.24) is 5.43 Å². The van der Waals surface area contributed by atoms with Gasteiger partial charge >= 0.3 is 0 Å². The Morgan fingerprint density at radius 3 is 2.65 bits per heavy atom. The SMILES string of the molecule is O=C(N/N=C/c1ccc(O)cc1O)c1ccccc1I. The second kappa shape index (κ2) is 6.38. The number of hydrogen-bond acceptors (Lipinski definition) is 4. The Balaban J connectivity index is 2.07. The summed E-state index contributed by atoms with van der Waals surface area (Å²) in [7, 11) is 0. The van der Waals surface area contributed by atoms with Crippen LogP contribution < -0.4 is 5.43 Å². The lowest BCUT2D eigenvalue weighted by atomic mass is 10.2. The number of nitrogens with one attached hydrogen (secondary N) is 1. The van der Waals surface area contributed by atoms with Gasteiger partial charge in [0.05, 0.1) is 11.8 Å². The summed E-state index contributed by atoms with van der Waals surface area (Å²) < 4.78 is 0.824. The zero-order valence-corrected chi connectivity index (χ0v) is 12.4. The van der Waals surface area contributed by atoms with E-state index in [1.165, 1.54) is 24.4 Å². The quantitative estimate of drug-likeness (QED) is 0.434. The van der Waals surface area contributed by atoms with Crippen LogP contribution >= 0.6 is 22.6 Å². The standard InChI is InChI=1S/C14H11IN2O3/c15-12-4-2-1-3-11(12)14(20)17-16-8-9-5-6-10(18)7-13(9)19/h1-8,18-19H,(H,17,20)/b16-8+. The molecule has 2 rings (SSSR count). The highest BCUT2D eigenvalue weighted by molar-refractivity contribution is 14.1. The lowest BCUT2D eigenvalue weighted by Gasteiger charge is -2.02. The van der Waals surface area contributed by atoms with Crippen LogP contribution in [0.15, 0.2) is 47.6 Å². The Hall–Kier alpha value is -2.09. The normalized spacial score (nSPS) is 10.7. The highest BCUT2D eigenvalue weighted by Gasteiger charge is 2.07. The van der Waals surface area contributed by atoms with E-state index in [4.69, 9.17) is 5.11 Å². The number of carbonyl (C=O) groups excluding carboxylic acids is 1. The summed E-state index contributed by atoms with van der Waals surface area (Å²) in [6, 6.07) is 11.2. The summed E-state index contributed by atoms with van der Waals surface area (Å²) in [4.78, 5) is 11.9. The van der Waals surface area contributed by atoms with E-state index in [0.29, 0.717) is 11.1 Å². The number of nitrogens with zero attached hydrogens (tertiary/aromatic N) is 1. The van der Waals surface area contributed by atoms with Crippen molar-refractivity contribution in [3.05, 3.63) is 57.2 Å². The van der Waals surface area contributed by atoms with E-state index < -0.39 is 0 Å². The third kappa shape index (κ3) is 3.47. The largest absolute Gasteiger partial charge is 0.508 e.